The van der Waals surface area contributed by atoms with Gasteiger partial charge in [-0.1, -0.05) is 39.3 Å². The Bertz CT molecular complexity index is 427. The predicted molar refractivity (Wildman–Crippen MR) is 88.5 cm³/mol. The van der Waals surface area contributed by atoms with Gasteiger partial charge >= 0.3 is 0 Å². The first kappa shape index (κ1) is 15.4. The molecule has 0 bridgehead atoms. The normalized spacial score (nSPS) is 17.1. The van der Waals surface area contributed by atoms with Gasteiger partial charge < -0.3 is 10.2 Å². The standard InChI is InChI=1S/C18H30N2/c1-5-10-19-15(4)16-7-8-18-17(12-16)9-11-20(18)13-14(3)6-2/h7-8,12,14-15,19H,5-6,9-11,13H2,1-4H3. The van der Waals surface area contributed by atoms with E-state index in [0.717, 1.165) is 12.5 Å². The summed E-state index contributed by atoms with van der Waals surface area (Å²) in [5.41, 5.74) is 4.44. The molecule has 2 atom stereocenters. The minimum Gasteiger partial charge on any atom is -0.371 e. The topological polar surface area (TPSA) is 15.3 Å². The Labute approximate surface area is 124 Å². The van der Waals surface area contributed by atoms with Crippen molar-refractivity contribution >= 4 is 5.69 Å². The molecule has 1 heterocycles. The molecule has 0 amide bonds. The third-order valence-corrected chi connectivity index (χ3v) is 4.52. The Morgan fingerprint density at radius 2 is 2.05 bits per heavy atom. The molecule has 1 aliphatic heterocycles. The van der Waals surface area contributed by atoms with Gasteiger partial charge in [-0.2, -0.15) is 0 Å². The van der Waals surface area contributed by atoms with Crippen molar-refractivity contribution in [1.82, 2.24) is 5.32 Å². The molecule has 0 saturated heterocycles. The number of benzene rings is 1. The second kappa shape index (κ2) is 7.12. The average molecular weight is 274 g/mol. The van der Waals surface area contributed by atoms with Crippen LogP contribution in [0.4, 0.5) is 5.69 Å². The van der Waals surface area contributed by atoms with E-state index in [4.69, 9.17) is 0 Å². The zero-order valence-corrected chi connectivity index (χ0v) is 13.6. The van der Waals surface area contributed by atoms with E-state index in [-0.39, 0.29) is 0 Å². The molecule has 0 saturated carbocycles. The molecule has 1 N–H and O–H groups in total. The van der Waals surface area contributed by atoms with Crippen LogP contribution >= 0.6 is 0 Å². The van der Waals surface area contributed by atoms with Crippen LogP contribution in [0.2, 0.25) is 0 Å². The maximum Gasteiger partial charge on any atom is 0.0399 e. The molecule has 2 nitrogen and oxygen atoms in total. The summed E-state index contributed by atoms with van der Waals surface area (Å²) < 4.78 is 0. The summed E-state index contributed by atoms with van der Waals surface area (Å²) in [6, 6.07) is 7.52. The lowest BCUT2D eigenvalue weighted by Gasteiger charge is -2.23. The van der Waals surface area contributed by atoms with Gasteiger partial charge in [0.1, 0.15) is 0 Å². The summed E-state index contributed by atoms with van der Waals surface area (Å²) in [5, 5.41) is 3.58. The van der Waals surface area contributed by atoms with Gasteiger partial charge in [0.25, 0.3) is 0 Å². The van der Waals surface area contributed by atoms with E-state index in [0.29, 0.717) is 6.04 Å². The third-order valence-electron chi connectivity index (χ3n) is 4.52. The van der Waals surface area contributed by atoms with Crippen LogP contribution in [0.3, 0.4) is 0 Å². The summed E-state index contributed by atoms with van der Waals surface area (Å²) >= 11 is 0. The molecule has 1 aromatic carbocycles. The third kappa shape index (κ3) is 3.54. The van der Waals surface area contributed by atoms with E-state index < -0.39 is 0 Å². The van der Waals surface area contributed by atoms with E-state index in [1.807, 2.05) is 0 Å². The number of nitrogens with zero attached hydrogens (tertiary/aromatic N) is 1. The minimum atomic E-state index is 0.462. The van der Waals surface area contributed by atoms with Gasteiger partial charge in [0.15, 0.2) is 0 Å². The zero-order chi connectivity index (χ0) is 14.5. The van der Waals surface area contributed by atoms with Gasteiger partial charge in [-0.05, 0) is 49.4 Å². The Morgan fingerprint density at radius 3 is 2.75 bits per heavy atom. The van der Waals surface area contributed by atoms with E-state index in [1.165, 1.54) is 49.2 Å². The molecule has 0 radical (unpaired) electrons. The van der Waals surface area contributed by atoms with E-state index >= 15 is 0 Å². The van der Waals surface area contributed by atoms with Crippen molar-refractivity contribution in [1.29, 1.82) is 0 Å². The molecule has 0 spiro atoms. The maximum atomic E-state index is 3.58. The Hall–Kier alpha value is -1.02. The zero-order valence-electron chi connectivity index (χ0n) is 13.6. The van der Waals surface area contributed by atoms with Gasteiger partial charge in [-0.3, -0.25) is 0 Å². The van der Waals surface area contributed by atoms with Gasteiger partial charge in [0, 0.05) is 24.8 Å². The highest BCUT2D eigenvalue weighted by Gasteiger charge is 2.21. The van der Waals surface area contributed by atoms with E-state index in [9.17, 15) is 0 Å². The fourth-order valence-electron chi connectivity index (χ4n) is 2.93. The van der Waals surface area contributed by atoms with Crippen molar-refractivity contribution in [2.75, 3.05) is 24.5 Å². The number of rotatable bonds is 7. The van der Waals surface area contributed by atoms with E-state index in [2.05, 4.69) is 56.1 Å². The number of nitrogens with one attached hydrogen (secondary N) is 1. The summed E-state index contributed by atoms with van der Waals surface area (Å²) in [6.07, 6.45) is 3.67. The van der Waals surface area contributed by atoms with Crippen LogP contribution in [0.5, 0.6) is 0 Å². The van der Waals surface area contributed by atoms with Crippen molar-refractivity contribution in [3.8, 4) is 0 Å². The molecule has 1 aliphatic rings. The van der Waals surface area contributed by atoms with Crippen LogP contribution in [0.25, 0.3) is 0 Å². The number of hydrogen-bond acceptors (Lipinski definition) is 2. The summed E-state index contributed by atoms with van der Waals surface area (Å²) in [4.78, 5) is 2.57. The molecule has 2 heteroatoms. The van der Waals surface area contributed by atoms with Gasteiger partial charge in [-0.25, -0.2) is 0 Å². The molecular formula is C18H30N2. The van der Waals surface area contributed by atoms with Crippen LogP contribution in [0.1, 0.15) is 57.7 Å². The highest BCUT2D eigenvalue weighted by Crippen LogP contribution is 2.31. The van der Waals surface area contributed by atoms with Crippen LogP contribution in [-0.2, 0) is 6.42 Å². The number of fused-ring (bicyclic) bond motifs is 1. The maximum absolute atomic E-state index is 3.58. The Balaban J connectivity index is 2.06. The lowest BCUT2D eigenvalue weighted by atomic mass is 10.0. The van der Waals surface area contributed by atoms with Crippen LogP contribution < -0.4 is 10.2 Å². The molecular weight excluding hydrogens is 244 g/mol. The number of hydrogen-bond donors (Lipinski definition) is 1. The second-order valence-corrected chi connectivity index (χ2v) is 6.27. The molecule has 20 heavy (non-hydrogen) atoms. The minimum absolute atomic E-state index is 0.462. The van der Waals surface area contributed by atoms with Crippen molar-refractivity contribution in [2.24, 2.45) is 5.92 Å². The molecule has 112 valence electrons. The first-order chi connectivity index (χ1) is 9.65. The summed E-state index contributed by atoms with van der Waals surface area (Å²) in [7, 11) is 0. The van der Waals surface area contributed by atoms with Crippen molar-refractivity contribution in [3.05, 3.63) is 29.3 Å². The summed E-state index contributed by atoms with van der Waals surface area (Å²) in [6.45, 7) is 12.6. The van der Waals surface area contributed by atoms with Gasteiger partial charge in [0.2, 0.25) is 0 Å². The lowest BCUT2D eigenvalue weighted by molar-refractivity contribution is 0.550. The smallest absolute Gasteiger partial charge is 0.0399 e. The van der Waals surface area contributed by atoms with Crippen molar-refractivity contribution in [2.45, 2.75) is 53.0 Å². The molecule has 2 rings (SSSR count). The molecule has 1 aromatic rings. The Morgan fingerprint density at radius 1 is 1.25 bits per heavy atom. The first-order valence-corrected chi connectivity index (χ1v) is 8.26. The molecule has 2 unspecified atom stereocenters. The first-order valence-electron chi connectivity index (χ1n) is 8.26. The average Bonchev–Trinajstić information content (AvgIpc) is 2.86. The quantitative estimate of drug-likeness (QED) is 0.803. The molecule has 0 aromatic heterocycles. The largest absolute Gasteiger partial charge is 0.371 e. The van der Waals surface area contributed by atoms with Gasteiger partial charge in [0.05, 0.1) is 0 Å². The fraction of sp³-hybridized carbons (Fsp3) is 0.667. The SMILES string of the molecule is CCCNC(C)c1ccc2c(c1)CCN2CC(C)CC. The van der Waals surface area contributed by atoms with E-state index in [1.54, 1.807) is 0 Å². The predicted octanol–water partition coefficient (Wildman–Crippen LogP) is 4.16. The second-order valence-electron chi connectivity index (χ2n) is 6.27. The van der Waals surface area contributed by atoms with Crippen LogP contribution in [-0.4, -0.2) is 19.6 Å². The van der Waals surface area contributed by atoms with Crippen LogP contribution in [0.15, 0.2) is 18.2 Å². The summed E-state index contributed by atoms with van der Waals surface area (Å²) in [5.74, 6) is 0.783. The number of anilines is 1. The monoisotopic (exact) mass is 274 g/mol. The lowest BCUT2D eigenvalue weighted by Crippen LogP contribution is -2.26. The van der Waals surface area contributed by atoms with Crippen molar-refractivity contribution < 1.29 is 0 Å². The van der Waals surface area contributed by atoms with Crippen LogP contribution in [0, 0.1) is 5.92 Å². The Kier molecular flexibility index (Phi) is 5.47. The molecule has 0 fully saturated rings. The highest BCUT2D eigenvalue weighted by atomic mass is 15.1. The molecule has 0 aliphatic carbocycles. The van der Waals surface area contributed by atoms with Crippen molar-refractivity contribution in [3.63, 3.8) is 0 Å². The van der Waals surface area contributed by atoms with Gasteiger partial charge in [-0.15, -0.1) is 0 Å². The highest BCUT2D eigenvalue weighted by molar-refractivity contribution is 5.59. The fourth-order valence-corrected chi connectivity index (χ4v) is 2.93.